The van der Waals surface area contributed by atoms with Gasteiger partial charge in [0, 0.05) is 19.1 Å². The van der Waals surface area contributed by atoms with Gasteiger partial charge in [0.25, 0.3) is 0 Å². The van der Waals surface area contributed by atoms with Crippen LogP contribution < -0.4 is 0 Å². The van der Waals surface area contributed by atoms with Crippen LogP contribution in [0.3, 0.4) is 0 Å². The average Bonchev–Trinajstić information content (AvgIpc) is 3.07. The molecule has 2 unspecified atom stereocenters. The molecular weight excluding hydrogens is 282 g/mol. The van der Waals surface area contributed by atoms with Gasteiger partial charge in [0.2, 0.25) is 6.43 Å². The summed E-state index contributed by atoms with van der Waals surface area (Å²) in [6.07, 6.45) is -0.934. The van der Waals surface area contributed by atoms with E-state index in [4.69, 9.17) is 4.74 Å². The van der Waals surface area contributed by atoms with Crippen LogP contribution in [-0.2, 0) is 4.74 Å². The van der Waals surface area contributed by atoms with Crippen molar-refractivity contribution in [3.05, 3.63) is 60.2 Å². The first-order valence-electron chi connectivity index (χ1n) is 7.75. The van der Waals surface area contributed by atoms with Gasteiger partial charge in [-0.15, -0.1) is 0 Å². The molecule has 2 aromatic rings. The van der Waals surface area contributed by atoms with Crippen molar-refractivity contribution < 1.29 is 13.5 Å². The molecule has 1 fully saturated rings. The van der Waals surface area contributed by atoms with E-state index < -0.39 is 12.3 Å². The summed E-state index contributed by atoms with van der Waals surface area (Å²) in [4.78, 5) is 0. The SMILES string of the molecule is FC(F)C(CC1CCOC1)c1ccc(-c2ccccc2)cc1. The molecule has 0 N–H and O–H groups in total. The number of benzene rings is 2. The van der Waals surface area contributed by atoms with Crippen LogP contribution in [0, 0.1) is 5.92 Å². The molecule has 2 atom stereocenters. The van der Waals surface area contributed by atoms with Crippen molar-refractivity contribution in [2.75, 3.05) is 13.2 Å². The molecule has 22 heavy (non-hydrogen) atoms. The number of ether oxygens (including phenoxy) is 1. The predicted molar refractivity (Wildman–Crippen MR) is 84.2 cm³/mol. The molecule has 1 aliphatic heterocycles. The highest BCUT2D eigenvalue weighted by atomic mass is 19.3. The molecule has 0 saturated carbocycles. The monoisotopic (exact) mass is 302 g/mol. The number of hydrogen-bond acceptors (Lipinski definition) is 1. The van der Waals surface area contributed by atoms with Crippen LogP contribution >= 0.6 is 0 Å². The summed E-state index contributed by atoms with van der Waals surface area (Å²) in [5, 5.41) is 0. The Kier molecular flexibility index (Phi) is 4.84. The van der Waals surface area contributed by atoms with Gasteiger partial charge in [-0.2, -0.15) is 0 Å². The smallest absolute Gasteiger partial charge is 0.245 e. The minimum Gasteiger partial charge on any atom is -0.381 e. The quantitative estimate of drug-likeness (QED) is 0.744. The van der Waals surface area contributed by atoms with Crippen molar-refractivity contribution >= 4 is 0 Å². The zero-order valence-corrected chi connectivity index (χ0v) is 12.4. The van der Waals surface area contributed by atoms with E-state index in [1.165, 1.54) is 0 Å². The maximum atomic E-state index is 13.4. The standard InChI is InChI=1S/C19H20F2O/c20-19(21)18(12-14-10-11-22-13-14)17-8-6-16(7-9-17)15-4-2-1-3-5-15/h1-9,14,18-19H,10-13H2. The van der Waals surface area contributed by atoms with E-state index in [2.05, 4.69) is 0 Å². The second-order valence-corrected chi connectivity index (χ2v) is 5.89. The summed E-state index contributed by atoms with van der Waals surface area (Å²) in [5.74, 6) is -0.440. The molecule has 3 rings (SSSR count). The Bertz CT molecular complexity index is 574. The Morgan fingerprint density at radius 3 is 2.23 bits per heavy atom. The van der Waals surface area contributed by atoms with Crippen LogP contribution in [0.4, 0.5) is 8.78 Å². The van der Waals surface area contributed by atoms with Gasteiger partial charge in [0.15, 0.2) is 0 Å². The third-order valence-electron chi connectivity index (χ3n) is 4.36. The molecule has 0 amide bonds. The van der Waals surface area contributed by atoms with Crippen LogP contribution in [0.1, 0.15) is 24.3 Å². The fourth-order valence-electron chi connectivity index (χ4n) is 3.07. The van der Waals surface area contributed by atoms with Gasteiger partial charge >= 0.3 is 0 Å². The summed E-state index contributed by atoms with van der Waals surface area (Å²) < 4.78 is 32.1. The van der Waals surface area contributed by atoms with E-state index in [-0.39, 0.29) is 5.92 Å². The van der Waals surface area contributed by atoms with Crippen molar-refractivity contribution in [2.24, 2.45) is 5.92 Å². The summed E-state index contributed by atoms with van der Waals surface area (Å²) in [7, 11) is 0. The van der Waals surface area contributed by atoms with Crippen molar-refractivity contribution in [2.45, 2.75) is 25.2 Å². The first kappa shape index (κ1) is 15.2. The lowest BCUT2D eigenvalue weighted by Gasteiger charge is -2.20. The van der Waals surface area contributed by atoms with E-state index in [0.29, 0.717) is 19.6 Å². The second-order valence-electron chi connectivity index (χ2n) is 5.89. The zero-order valence-electron chi connectivity index (χ0n) is 12.4. The molecular formula is C19H20F2O. The van der Waals surface area contributed by atoms with Gasteiger partial charge < -0.3 is 4.74 Å². The number of hydrogen-bond donors (Lipinski definition) is 0. The van der Waals surface area contributed by atoms with E-state index in [0.717, 1.165) is 23.1 Å². The summed E-state index contributed by atoms with van der Waals surface area (Å²) in [6.45, 7) is 1.32. The second kappa shape index (κ2) is 7.01. The van der Waals surface area contributed by atoms with Gasteiger partial charge in [0.1, 0.15) is 0 Å². The summed E-state index contributed by atoms with van der Waals surface area (Å²) in [6, 6.07) is 17.5. The molecule has 3 heteroatoms. The van der Waals surface area contributed by atoms with E-state index in [1.54, 1.807) is 0 Å². The lowest BCUT2D eigenvalue weighted by atomic mass is 9.88. The molecule has 0 spiro atoms. The number of halogens is 2. The van der Waals surface area contributed by atoms with Gasteiger partial charge in [0.05, 0.1) is 0 Å². The Labute approximate surface area is 129 Å². The molecule has 1 nitrogen and oxygen atoms in total. The van der Waals surface area contributed by atoms with E-state index in [1.807, 2.05) is 54.6 Å². The van der Waals surface area contributed by atoms with Crippen molar-refractivity contribution in [1.29, 1.82) is 0 Å². The number of rotatable bonds is 5. The maximum absolute atomic E-state index is 13.4. The third-order valence-corrected chi connectivity index (χ3v) is 4.36. The highest BCUT2D eigenvalue weighted by molar-refractivity contribution is 5.63. The van der Waals surface area contributed by atoms with Crippen LogP contribution in [0.25, 0.3) is 11.1 Å². The first-order chi connectivity index (χ1) is 10.7. The molecule has 0 radical (unpaired) electrons. The largest absolute Gasteiger partial charge is 0.381 e. The van der Waals surface area contributed by atoms with Crippen LogP contribution in [0.5, 0.6) is 0 Å². The molecule has 1 saturated heterocycles. The topological polar surface area (TPSA) is 9.23 Å². The molecule has 0 aliphatic carbocycles. The average molecular weight is 302 g/mol. The van der Waals surface area contributed by atoms with Gasteiger partial charge in [-0.3, -0.25) is 0 Å². The fraction of sp³-hybridized carbons (Fsp3) is 0.368. The predicted octanol–water partition coefficient (Wildman–Crippen LogP) is 5.13. The fourth-order valence-corrected chi connectivity index (χ4v) is 3.07. The molecule has 1 heterocycles. The molecule has 1 aliphatic rings. The van der Waals surface area contributed by atoms with Crippen LogP contribution in [0.2, 0.25) is 0 Å². The third kappa shape index (κ3) is 3.53. The molecule has 0 bridgehead atoms. The Morgan fingerprint density at radius 1 is 0.955 bits per heavy atom. The van der Waals surface area contributed by atoms with Crippen LogP contribution in [-0.4, -0.2) is 19.6 Å². The van der Waals surface area contributed by atoms with Gasteiger partial charge in [-0.25, -0.2) is 8.78 Å². The van der Waals surface area contributed by atoms with Crippen molar-refractivity contribution in [3.63, 3.8) is 0 Å². The minimum absolute atomic E-state index is 0.257. The Hall–Kier alpha value is -1.74. The van der Waals surface area contributed by atoms with Gasteiger partial charge in [-0.05, 0) is 35.4 Å². The van der Waals surface area contributed by atoms with Gasteiger partial charge in [-0.1, -0.05) is 54.6 Å². The molecule has 2 aromatic carbocycles. The van der Waals surface area contributed by atoms with Crippen molar-refractivity contribution in [3.8, 4) is 11.1 Å². The lowest BCUT2D eigenvalue weighted by Crippen LogP contribution is -2.14. The number of alkyl halides is 2. The van der Waals surface area contributed by atoms with E-state index in [9.17, 15) is 8.78 Å². The Morgan fingerprint density at radius 2 is 1.64 bits per heavy atom. The molecule has 116 valence electrons. The minimum atomic E-state index is -2.33. The Balaban J connectivity index is 1.77. The highest BCUT2D eigenvalue weighted by Crippen LogP contribution is 2.34. The highest BCUT2D eigenvalue weighted by Gasteiger charge is 2.28. The van der Waals surface area contributed by atoms with Crippen molar-refractivity contribution in [1.82, 2.24) is 0 Å². The van der Waals surface area contributed by atoms with Crippen LogP contribution in [0.15, 0.2) is 54.6 Å². The normalized spacial score (nSPS) is 19.5. The molecule has 0 aromatic heterocycles. The summed E-state index contributed by atoms with van der Waals surface area (Å²) >= 11 is 0. The van der Waals surface area contributed by atoms with E-state index >= 15 is 0 Å². The maximum Gasteiger partial charge on any atom is 0.245 e. The summed E-state index contributed by atoms with van der Waals surface area (Å²) in [5.41, 5.74) is 2.88. The zero-order chi connectivity index (χ0) is 15.4. The first-order valence-corrected chi connectivity index (χ1v) is 7.75. The lowest BCUT2D eigenvalue weighted by molar-refractivity contribution is 0.0982.